The van der Waals surface area contributed by atoms with Gasteiger partial charge in [-0.05, 0) is 58.2 Å². The number of ether oxygens (including phenoxy) is 3. The zero-order valence-electron chi connectivity index (χ0n) is 23.3. The first kappa shape index (κ1) is 30.2. The largest absolute Gasteiger partial charge is 0.493 e. The van der Waals surface area contributed by atoms with Gasteiger partial charge in [0.05, 0.1) is 6.61 Å². The van der Waals surface area contributed by atoms with Crippen LogP contribution in [0.15, 0.2) is 50.7 Å². The molecule has 0 amide bonds. The van der Waals surface area contributed by atoms with Crippen molar-refractivity contribution in [2.45, 2.75) is 98.8 Å². The van der Waals surface area contributed by atoms with Gasteiger partial charge in [-0.25, -0.2) is 4.79 Å². The lowest BCUT2D eigenvalue weighted by molar-refractivity contribution is -0.132. The summed E-state index contributed by atoms with van der Waals surface area (Å²) in [5.41, 5.74) is 2.03. The SMILES string of the molecule is CCCCCCCCCCOc1cccc2oc(=O)c(OC(C)=O)c(OCC=C(C)CCC=C(C)C)c12. The Morgan fingerprint density at radius 3 is 2.27 bits per heavy atom. The van der Waals surface area contributed by atoms with Gasteiger partial charge in [0.1, 0.15) is 23.3 Å². The molecule has 0 unspecified atom stereocenters. The molecule has 1 aromatic carbocycles. The lowest BCUT2D eigenvalue weighted by atomic mass is 10.1. The molecule has 0 aliphatic rings. The fourth-order valence-corrected chi connectivity index (χ4v) is 4.04. The van der Waals surface area contributed by atoms with Gasteiger partial charge in [0.2, 0.25) is 0 Å². The van der Waals surface area contributed by atoms with Crippen LogP contribution >= 0.6 is 0 Å². The number of hydrogen-bond acceptors (Lipinski definition) is 6. The molecular weight excluding hydrogens is 468 g/mol. The van der Waals surface area contributed by atoms with E-state index in [4.69, 9.17) is 18.6 Å². The second kappa shape index (κ2) is 16.7. The molecule has 6 heteroatoms. The molecule has 0 bridgehead atoms. The number of rotatable bonds is 17. The van der Waals surface area contributed by atoms with E-state index in [1.54, 1.807) is 12.1 Å². The van der Waals surface area contributed by atoms with Gasteiger partial charge in [-0.2, -0.15) is 0 Å². The number of hydrogen-bond donors (Lipinski definition) is 0. The molecule has 2 aromatic rings. The Balaban J connectivity index is 2.17. The van der Waals surface area contributed by atoms with Gasteiger partial charge in [0, 0.05) is 6.92 Å². The van der Waals surface area contributed by atoms with Crippen LogP contribution in [-0.4, -0.2) is 19.2 Å². The Kier molecular flexibility index (Phi) is 13.6. The van der Waals surface area contributed by atoms with Crippen molar-refractivity contribution in [3.05, 3.63) is 51.9 Å². The van der Waals surface area contributed by atoms with Crippen molar-refractivity contribution in [3.8, 4) is 17.2 Å². The molecule has 0 atom stereocenters. The second-order valence-electron chi connectivity index (χ2n) is 9.78. The molecule has 2 rings (SSSR count). The number of esters is 1. The minimum atomic E-state index is -0.762. The first-order valence-corrected chi connectivity index (χ1v) is 13.7. The standard InChI is InChI=1S/C31H44O6/c1-6-7-8-9-10-11-12-13-21-34-26-18-15-19-27-28(26)29(30(31(33)37-27)36-25(5)32)35-22-20-24(4)17-14-16-23(2)3/h15-16,18-20H,6-14,17,21-22H2,1-5H3. The van der Waals surface area contributed by atoms with Crippen molar-refractivity contribution in [2.24, 2.45) is 0 Å². The summed E-state index contributed by atoms with van der Waals surface area (Å²) in [6.07, 6.45) is 15.7. The average molecular weight is 513 g/mol. The first-order valence-electron chi connectivity index (χ1n) is 13.7. The van der Waals surface area contributed by atoms with Gasteiger partial charge in [-0.15, -0.1) is 0 Å². The monoisotopic (exact) mass is 512 g/mol. The van der Waals surface area contributed by atoms with Crippen LogP contribution in [0.25, 0.3) is 11.0 Å². The molecule has 37 heavy (non-hydrogen) atoms. The summed E-state index contributed by atoms with van der Waals surface area (Å²) < 4.78 is 22.8. The molecule has 1 heterocycles. The van der Waals surface area contributed by atoms with Gasteiger partial charge in [-0.1, -0.05) is 75.2 Å². The maximum Gasteiger partial charge on any atom is 0.383 e. The predicted octanol–water partition coefficient (Wildman–Crippen LogP) is 8.31. The van der Waals surface area contributed by atoms with Gasteiger partial charge in [0.25, 0.3) is 5.75 Å². The van der Waals surface area contributed by atoms with Crippen LogP contribution < -0.4 is 19.8 Å². The zero-order chi connectivity index (χ0) is 27.0. The van der Waals surface area contributed by atoms with E-state index >= 15 is 0 Å². The highest BCUT2D eigenvalue weighted by Crippen LogP contribution is 2.39. The van der Waals surface area contributed by atoms with Gasteiger partial charge in [-0.3, -0.25) is 4.79 Å². The van der Waals surface area contributed by atoms with Crippen LogP contribution in [0.5, 0.6) is 17.2 Å². The highest BCUT2D eigenvalue weighted by molar-refractivity contribution is 5.92. The molecule has 0 fully saturated rings. The summed E-state index contributed by atoms with van der Waals surface area (Å²) in [6, 6.07) is 5.28. The van der Waals surface area contributed by atoms with Crippen molar-refractivity contribution in [3.63, 3.8) is 0 Å². The van der Waals surface area contributed by atoms with E-state index in [1.165, 1.54) is 56.6 Å². The number of allylic oxidation sites excluding steroid dienone is 3. The Hall–Kier alpha value is -3.02. The smallest absolute Gasteiger partial charge is 0.383 e. The van der Waals surface area contributed by atoms with E-state index in [9.17, 15) is 9.59 Å². The maximum atomic E-state index is 12.6. The third-order valence-corrected chi connectivity index (χ3v) is 6.06. The number of carbonyl (C=O) groups is 1. The quantitative estimate of drug-likeness (QED) is 0.0918. The van der Waals surface area contributed by atoms with Crippen molar-refractivity contribution in [1.29, 1.82) is 0 Å². The minimum Gasteiger partial charge on any atom is -0.493 e. The molecule has 0 N–H and O–H groups in total. The highest BCUT2D eigenvalue weighted by atomic mass is 16.6. The van der Waals surface area contributed by atoms with E-state index in [0.717, 1.165) is 25.7 Å². The molecule has 1 aromatic heterocycles. The summed E-state index contributed by atoms with van der Waals surface area (Å²) in [7, 11) is 0. The van der Waals surface area contributed by atoms with Crippen LogP contribution in [0.3, 0.4) is 0 Å². The van der Waals surface area contributed by atoms with Crippen LogP contribution in [0, 0.1) is 0 Å². The third-order valence-electron chi connectivity index (χ3n) is 6.06. The van der Waals surface area contributed by atoms with Crippen molar-refractivity contribution in [1.82, 2.24) is 0 Å². The van der Waals surface area contributed by atoms with E-state index in [1.807, 2.05) is 19.1 Å². The van der Waals surface area contributed by atoms with Gasteiger partial charge in [0.15, 0.2) is 5.75 Å². The predicted molar refractivity (Wildman–Crippen MR) is 150 cm³/mol. The molecule has 0 saturated carbocycles. The summed E-state index contributed by atoms with van der Waals surface area (Å²) in [6.45, 7) is 10.4. The van der Waals surface area contributed by atoms with Gasteiger partial charge < -0.3 is 18.6 Å². The Morgan fingerprint density at radius 2 is 1.59 bits per heavy atom. The van der Waals surface area contributed by atoms with E-state index in [0.29, 0.717) is 23.3 Å². The number of carbonyl (C=O) groups excluding carboxylic acids is 1. The normalized spacial score (nSPS) is 11.4. The van der Waals surface area contributed by atoms with Crippen molar-refractivity contribution < 1.29 is 23.4 Å². The minimum absolute atomic E-state index is 0.168. The molecule has 0 aliphatic carbocycles. The van der Waals surface area contributed by atoms with Crippen LogP contribution in [0.2, 0.25) is 0 Å². The number of benzene rings is 1. The highest BCUT2D eigenvalue weighted by Gasteiger charge is 2.22. The molecule has 0 saturated heterocycles. The fourth-order valence-electron chi connectivity index (χ4n) is 4.04. The lowest BCUT2D eigenvalue weighted by Gasteiger charge is -2.15. The van der Waals surface area contributed by atoms with Gasteiger partial charge >= 0.3 is 11.6 Å². The lowest BCUT2D eigenvalue weighted by Crippen LogP contribution is -2.14. The van der Waals surface area contributed by atoms with Crippen LogP contribution in [0.4, 0.5) is 0 Å². The summed E-state index contributed by atoms with van der Waals surface area (Å²) in [5.74, 6) is -0.167. The fraction of sp³-hybridized carbons (Fsp3) is 0.548. The van der Waals surface area contributed by atoms with Crippen molar-refractivity contribution >= 4 is 16.9 Å². The average Bonchev–Trinajstić information content (AvgIpc) is 2.84. The number of unbranched alkanes of at least 4 members (excludes halogenated alkanes) is 7. The molecule has 204 valence electrons. The Morgan fingerprint density at radius 1 is 0.892 bits per heavy atom. The zero-order valence-corrected chi connectivity index (χ0v) is 23.3. The van der Waals surface area contributed by atoms with E-state index < -0.39 is 11.6 Å². The van der Waals surface area contributed by atoms with Crippen LogP contribution in [-0.2, 0) is 4.79 Å². The molecular formula is C31H44O6. The van der Waals surface area contributed by atoms with Crippen molar-refractivity contribution in [2.75, 3.05) is 13.2 Å². The first-order chi connectivity index (χ1) is 17.8. The van der Waals surface area contributed by atoms with Crippen LogP contribution in [0.1, 0.15) is 98.8 Å². The topological polar surface area (TPSA) is 75.0 Å². The van der Waals surface area contributed by atoms with E-state index in [-0.39, 0.29) is 18.1 Å². The summed E-state index contributed by atoms with van der Waals surface area (Å²) >= 11 is 0. The molecule has 0 radical (unpaired) electrons. The molecule has 0 aliphatic heterocycles. The Bertz CT molecular complexity index is 1100. The maximum absolute atomic E-state index is 12.6. The summed E-state index contributed by atoms with van der Waals surface area (Å²) in [5, 5.41) is 0.494. The number of fused-ring (bicyclic) bond motifs is 1. The molecule has 0 spiro atoms. The summed E-state index contributed by atoms with van der Waals surface area (Å²) in [4.78, 5) is 24.4. The second-order valence-corrected chi connectivity index (χ2v) is 9.78. The Labute approximate surface area is 221 Å². The third kappa shape index (κ3) is 10.9. The molecule has 6 nitrogen and oxygen atoms in total. The van der Waals surface area contributed by atoms with E-state index in [2.05, 4.69) is 26.8 Å².